The van der Waals surface area contributed by atoms with E-state index in [0.29, 0.717) is 12.5 Å². The number of aryl methyl sites for hydroxylation is 1. The summed E-state index contributed by atoms with van der Waals surface area (Å²) in [7, 11) is 0. The summed E-state index contributed by atoms with van der Waals surface area (Å²) in [5, 5.41) is 0. The average Bonchev–Trinajstić information content (AvgIpc) is 2.61. The average molecular weight is 309 g/mol. The predicted molar refractivity (Wildman–Crippen MR) is 91.2 cm³/mol. The number of piperidine rings is 1. The summed E-state index contributed by atoms with van der Waals surface area (Å²) in [5.74, 6) is 0.515. The molecule has 0 aliphatic carbocycles. The number of nitrogens with zero attached hydrogens (tertiary/aromatic N) is 2. The molecule has 2 heterocycles. The van der Waals surface area contributed by atoms with E-state index in [1.807, 2.05) is 17.9 Å². The number of nitrogens with two attached hydrogens (primary N) is 1. The van der Waals surface area contributed by atoms with Crippen molar-refractivity contribution in [2.45, 2.75) is 32.2 Å². The van der Waals surface area contributed by atoms with Crippen LogP contribution in [-0.4, -0.2) is 28.9 Å². The molecule has 0 radical (unpaired) electrons. The lowest BCUT2D eigenvalue weighted by molar-refractivity contribution is 0.0707. The number of pyridine rings is 1. The third-order valence-electron chi connectivity index (χ3n) is 4.54. The van der Waals surface area contributed by atoms with Gasteiger partial charge in [-0.3, -0.25) is 9.78 Å². The molecule has 0 saturated carbocycles. The molecule has 4 heteroatoms. The lowest BCUT2D eigenvalue weighted by Crippen LogP contribution is -2.39. The molecule has 1 unspecified atom stereocenters. The van der Waals surface area contributed by atoms with Crippen LogP contribution in [0, 0.1) is 6.92 Å². The summed E-state index contributed by atoms with van der Waals surface area (Å²) in [6, 6.07) is 12.1. The molecule has 1 aromatic carbocycles. The van der Waals surface area contributed by atoms with Gasteiger partial charge in [0.05, 0.1) is 0 Å². The maximum atomic E-state index is 12.7. The minimum Gasteiger partial charge on any atom is -0.338 e. The van der Waals surface area contributed by atoms with Crippen molar-refractivity contribution in [3.63, 3.8) is 0 Å². The van der Waals surface area contributed by atoms with Gasteiger partial charge in [-0.1, -0.05) is 24.3 Å². The van der Waals surface area contributed by atoms with Crippen LogP contribution in [0.15, 0.2) is 42.6 Å². The minimum atomic E-state index is 0.110. The Morgan fingerprint density at radius 2 is 2.09 bits per heavy atom. The van der Waals surface area contributed by atoms with Crippen molar-refractivity contribution in [2.75, 3.05) is 13.1 Å². The van der Waals surface area contributed by atoms with Crippen LogP contribution in [0.25, 0.3) is 0 Å². The number of carbonyl (C=O) groups excluding carboxylic acids is 1. The normalized spacial score (nSPS) is 18.0. The van der Waals surface area contributed by atoms with Crippen LogP contribution >= 0.6 is 0 Å². The van der Waals surface area contributed by atoms with Gasteiger partial charge in [0.25, 0.3) is 5.91 Å². The second-order valence-corrected chi connectivity index (χ2v) is 6.22. The quantitative estimate of drug-likeness (QED) is 0.948. The van der Waals surface area contributed by atoms with Gasteiger partial charge in [-0.05, 0) is 43.0 Å². The number of aromatic nitrogens is 1. The Hall–Kier alpha value is -2.20. The van der Waals surface area contributed by atoms with Gasteiger partial charge in [-0.15, -0.1) is 0 Å². The molecule has 1 aliphatic rings. The van der Waals surface area contributed by atoms with Crippen LogP contribution in [0.5, 0.6) is 0 Å². The third-order valence-corrected chi connectivity index (χ3v) is 4.54. The standard InChI is InChI=1S/C19H23N3O/c1-14-11-17(8-9-21-14)19(23)22-10-2-3-18(13-22)16-6-4-15(12-20)5-7-16/h4-9,11,18H,2-3,10,12-13,20H2,1H3. The topological polar surface area (TPSA) is 59.2 Å². The fraction of sp³-hybridized carbons (Fsp3) is 0.368. The van der Waals surface area contributed by atoms with Gasteiger partial charge < -0.3 is 10.6 Å². The summed E-state index contributed by atoms with van der Waals surface area (Å²) in [6.07, 6.45) is 3.87. The molecule has 4 nitrogen and oxygen atoms in total. The van der Waals surface area contributed by atoms with Crippen molar-refractivity contribution in [2.24, 2.45) is 5.73 Å². The Bertz CT molecular complexity index is 681. The van der Waals surface area contributed by atoms with Crippen LogP contribution in [-0.2, 0) is 6.54 Å². The van der Waals surface area contributed by atoms with E-state index in [2.05, 4.69) is 29.2 Å². The zero-order valence-corrected chi connectivity index (χ0v) is 13.5. The molecule has 1 atom stereocenters. The lowest BCUT2D eigenvalue weighted by atomic mass is 9.90. The zero-order valence-electron chi connectivity index (χ0n) is 13.5. The van der Waals surface area contributed by atoms with Crippen LogP contribution in [0.3, 0.4) is 0 Å². The highest BCUT2D eigenvalue weighted by molar-refractivity contribution is 5.94. The third kappa shape index (κ3) is 3.59. The second-order valence-electron chi connectivity index (χ2n) is 6.22. The van der Waals surface area contributed by atoms with Gasteiger partial charge >= 0.3 is 0 Å². The van der Waals surface area contributed by atoms with Gasteiger partial charge in [-0.2, -0.15) is 0 Å². The molecule has 120 valence electrons. The molecule has 1 aromatic heterocycles. The largest absolute Gasteiger partial charge is 0.338 e. The Morgan fingerprint density at radius 1 is 1.30 bits per heavy atom. The van der Waals surface area contributed by atoms with Crippen LogP contribution in [0.1, 0.15) is 45.9 Å². The number of rotatable bonds is 3. The fourth-order valence-corrected chi connectivity index (χ4v) is 3.22. The van der Waals surface area contributed by atoms with E-state index in [-0.39, 0.29) is 5.91 Å². The van der Waals surface area contributed by atoms with E-state index in [1.165, 1.54) is 5.56 Å². The number of hydrogen-bond donors (Lipinski definition) is 1. The van der Waals surface area contributed by atoms with E-state index < -0.39 is 0 Å². The Morgan fingerprint density at radius 3 is 2.78 bits per heavy atom. The first-order valence-corrected chi connectivity index (χ1v) is 8.18. The van der Waals surface area contributed by atoms with E-state index in [0.717, 1.165) is 42.8 Å². The Kier molecular flexibility index (Phi) is 4.72. The van der Waals surface area contributed by atoms with Crippen molar-refractivity contribution in [3.8, 4) is 0 Å². The molecule has 1 amide bonds. The number of carbonyl (C=O) groups is 1. The van der Waals surface area contributed by atoms with Crippen molar-refractivity contribution < 1.29 is 4.79 Å². The molecular formula is C19H23N3O. The monoisotopic (exact) mass is 309 g/mol. The van der Waals surface area contributed by atoms with Crippen molar-refractivity contribution in [1.82, 2.24) is 9.88 Å². The van der Waals surface area contributed by atoms with Crippen LogP contribution in [0.4, 0.5) is 0 Å². The molecule has 23 heavy (non-hydrogen) atoms. The van der Waals surface area contributed by atoms with Crippen molar-refractivity contribution in [3.05, 3.63) is 65.0 Å². The van der Waals surface area contributed by atoms with E-state index in [9.17, 15) is 4.79 Å². The highest BCUT2D eigenvalue weighted by Gasteiger charge is 2.25. The first-order valence-electron chi connectivity index (χ1n) is 8.18. The van der Waals surface area contributed by atoms with Gasteiger partial charge in [0.15, 0.2) is 0 Å². The van der Waals surface area contributed by atoms with Crippen LogP contribution < -0.4 is 5.73 Å². The predicted octanol–water partition coefficient (Wildman–Crippen LogP) is 2.87. The molecule has 0 spiro atoms. The number of hydrogen-bond acceptors (Lipinski definition) is 3. The minimum absolute atomic E-state index is 0.110. The molecular weight excluding hydrogens is 286 g/mol. The highest BCUT2D eigenvalue weighted by Crippen LogP contribution is 2.28. The summed E-state index contributed by atoms with van der Waals surface area (Å²) < 4.78 is 0. The maximum absolute atomic E-state index is 12.7. The van der Waals surface area contributed by atoms with E-state index in [1.54, 1.807) is 12.3 Å². The Balaban J connectivity index is 1.73. The first-order chi connectivity index (χ1) is 11.2. The second kappa shape index (κ2) is 6.92. The van der Waals surface area contributed by atoms with Crippen molar-refractivity contribution in [1.29, 1.82) is 0 Å². The molecule has 2 aromatic rings. The fourth-order valence-electron chi connectivity index (χ4n) is 3.22. The summed E-state index contributed by atoms with van der Waals surface area (Å²) in [5.41, 5.74) is 9.71. The summed E-state index contributed by atoms with van der Waals surface area (Å²) >= 11 is 0. The molecule has 3 rings (SSSR count). The molecule has 0 bridgehead atoms. The van der Waals surface area contributed by atoms with E-state index >= 15 is 0 Å². The summed E-state index contributed by atoms with van der Waals surface area (Å²) in [6.45, 7) is 4.09. The van der Waals surface area contributed by atoms with Gasteiger partial charge in [0, 0.05) is 43.0 Å². The van der Waals surface area contributed by atoms with Gasteiger partial charge in [-0.25, -0.2) is 0 Å². The first kappa shape index (κ1) is 15.7. The number of benzene rings is 1. The molecule has 1 fully saturated rings. The highest BCUT2D eigenvalue weighted by atomic mass is 16.2. The van der Waals surface area contributed by atoms with Gasteiger partial charge in [0.2, 0.25) is 0 Å². The molecule has 1 saturated heterocycles. The van der Waals surface area contributed by atoms with Gasteiger partial charge in [0.1, 0.15) is 0 Å². The molecule has 2 N–H and O–H groups in total. The van der Waals surface area contributed by atoms with Crippen LogP contribution in [0.2, 0.25) is 0 Å². The van der Waals surface area contributed by atoms with Crippen molar-refractivity contribution >= 4 is 5.91 Å². The van der Waals surface area contributed by atoms with E-state index in [4.69, 9.17) is 5.73 Å². The maximum Gasteiger partial charge on any atom is 0.253 e. The number of likely N-dealkylation sites (tertiary alicyclic amines) is 1. The summed E-state index contributed by atoms with van der Waals surface area (Å²) in [4.78, 5) is 18.8. The zero-order chi connectivity index (χ0) is 16.2. The number of amides is 1. The lowest BCUT2D eigenvalue weighted by Gasteiger charge is -2.33. The SMILES string of the molecule is Cc1cc(C(=O)N2CCCC(c3ccc(CN)cc3)C2)ccn1. The molecule has 1 aliphatic heterocycles. The Labute approximate surface area is 137 Å². The smallest absolute Gasteiger partial charge is 0.253 e.